The largest absolute Gasteiger partial charge is 0.454 e. The number of para-hydroxylation sites is 1. The van der Waals surface area contributed by atoms with Crippen molar-refractivity contribution < 1.29 is 4.42 Å². The molecule has 0 radical (unpaired) electrons. The van der Waals surface area contributed by atoms with Crippen LogP contribution in [-0.2, 0) is 0 Å². The van der Waals surface area contributed by atoms with Gasteiger partial charge in [0, 0.05) is 38.2 Å². The molecule has 0 bridgehead atoms. The van der Waals surface area contributed by atoms with E-state index in [9.17, 15) is 0 Å². The van der Waals surface area contributed by atoms with Crippen LogP contribution in [0.15, 0.2) is 223 Å². The van der Waals surface area contributed by atoms with Crippen LogP contribution >= 0.6 is 0 Å². The molecule has 0 atom stereocenters. The van der Waals surface area contributed by atoms with Crippen molar-refractivity contribution in [1.82, 2.24) is 19.5 Å². The molecule has 13 rings (SSSR count). The van der Waals surface area contributed by atoms with E-state index in [2.05, 4.69) is 211 Å². The molecule has 0 N–H and O–H groups in total. The van der Waals surface area contributed by atoms with Gasteiger partial charge in [0.05, 0.1) is 16.7 Å². The highest BCUT2D eigenvalue weighted by atomic mass is 16.3. The van der Waals surface area contributed by atoms with E-state index < -0.39 is 0 Å². The summed E-state index contributed by atoms with van der Waals surface area (Å²) in [6.07, 6.45) is 0. The van der Waals surface area contributed by atoms with E-state index >= 15 is 0 Å². The molecule has 0 aliphatic carbocycles. The molecule has 3 aromatic heterocycles. The average molecular weight is 817 g/mol. The van der Waals surface area contributed by atoms with Gasteiger partial charge in [-0.25, -0.2) is 15.0 Å². The van der Waals surface area contributed by atoms with Crippen molar-refractivity contribution in [3.8, 4) is 62.1 Å². The number of furan rings is 1. The van der Waals surface area contributed by atoms with Gasteiger partial charge in [0.15, 0.2) is 23.1 Å². The Morgan fingerprint density at radius 3 is 1.41 bits per heavy atom. The van der Waals surface area contributed by atoms with Crippen LogP contribution in [-0.4, -0.2) is 19.5 Å². The van der Waals surface area contributed by atoms with E-state index in [0.29, 0.717) is 17.5 Å². The Balaban J connectivity index is 1.05. The number of fused-ring (bicyclic) bond motifs is 8. The number of aromatic nitrogens is 4. The Morgan fingerprint density at radius 2 is 0.828 bits per heavy atom. The molecule has 0 spiro atoms. The van der Waals surface area contributed by atoms with Crippen molar-refractivity contribution >= 4 is 65.3 Å². The van der Waals surface area contributed by atoms with E-state index in [-0.39, 0.29) is 0 Å². The summed E-state index contributed by atoms with van der Waals surface area (Å²) in [5, 5.41) is 8.87. The molecular weight excluding hydrogens is 781 g/mol. The number of rotatable bonds is 6. The Kier molecular flexibility index (Phi) is 8.15. The Hall–Kier alpha value is -8.67. The van der Waals surface area contributed by atoms with Crippen molar-refractivity contribution in [3.63, 3.8) is 0 Å². The molecule has 5 heteroatoms. The number of nitrogens with zero attached hydrogens (tertiary/aromatic N) is 4. The topological polar surface area (TPSA) is 56.7 Å². The highest BCUT2D eigenvalue weighted by Crippen LogP contribution is 2.43. The number of hydrogen-bond acceptors (Lipinski definition) is 4. The summed E-state index contributed by atoms with van der Waals surface area (Å²) in [4.78, 5) is 15.7. The van der Waals surface area contributed by atoms with Crippen LogP contribution in [0.25, 0.3) is 127 Å². The summed E-state index contributed by atoms with van der Waals surface area (Å²) in [6.45, 7) is 0. The maximum Gasteiger partial charge on any atom is 0.164 e. The Bertz CT molecular complexity index is 3770. The lowest BCUT2D eigenvalue weighted by Gasteiger charge is -2.11. The minimum absolute atomic E-state index is 0.580. The van der Waals surface area contributed by atoms with Crippen molar-refractivity contribution in [1.29, 1.82) is 0 Å². The second-order valence-electron chi connectivity index (χ2n) is 16.4. The van der Waals surface area contributed by atoms with Crippen LogP contribution < -0.4 is 0 Å². The van der Waals surface area contributed by atoms with E-state index in [1.54, 1.807) is 0 Å². The van der Waals surface area contributed by atoms with E-state index in [0.717, 1.165) is 88.0 Å². The summed E-state index contributed by atoms with van der Waals surface area (Å²) in [6, 6.07) is 77.0. The molecule has 0 aliphatic rings. The first-order valence-corrected chi connectivity index (χ1v) is 21.6. The van der Waals surface area contributed by atoms with Gasteiger partial charge >= 0.3 is 0 Å². The number of hydrogen-bond donors (Lipinski definition) is 0. The zero-order chi connectivity index (χ0) is 42.1. The van der Waals surface area contributed by atoms with E-state index in [1.807, 2.05) is 12.1 Å². The standard InChI is InChI=1S/C59H36N4O/c1-3-13-37(14-4-1)43-29-31-47-48-32-30-44(38-15-5-2-6-16-38)36-53(48)63(52(47)35-43)51-23-11-21-49-55-50(22-12-24-54(55)64-56(49)51)59-61-57(45-27-25-39-17-7-9-19-41(39)33-45)60-58(62-59)46-28-26-40-18-8-10-20-42(40)34-46/h1-36H. The van der Waals surface area contributed by atoms with Gasteiger partial charge in [-0.15, -0.1) is 0 Å². The van der Waals surface area contributed by atoms with Crippen LogP contribution in [0.1, 0.15) is 0 Å². The van der Waals surface area contributed by atoms with Gasteiger partial charge in [-0.1, -0.05) is 182 Å². The summed E-state index contributed by atoms with van der Waals surface area (Å²) < 4.78 is 9.41. The SMILES string of the molecule is c1ccc(-c2ccc3c4ccc(-c5ccccc5)cc4n(-c4cccc5c4oc4cccc(-c6nc(-c7ccc8ccccc8c7)nc(-c7ccc8ccccc8c7)n6)c45)c3c2)cc1. The molecule has 0 amide bonds. The van der Waals surface area contributed by atoms with Gasteiger partial charge in [-0.3, -0.25) is 0 Å². The highest BCUT2D eigenvalue weighted by molar-refractivity contribution is 6.16. The van der Waals surface area contributed by atoms with Gasteiger partial charge in [0.25, 0.3) is 0 Å². The first-order valence-electron chi connectivity index (χ1n) is 21.6. The summed E-state index contributed by atoms with van der Waals surface area (Å²) >= 11 is 0. The van der Waals surface area contributed by atoms with Crippen molar-refractivity contribution in [2.75, 3.05) is 0 Å². The van der Waals surface area contributed by atoms with Crippen molar-refractivity contribution in [2.45, 2.75) is 0 Å². The quantitative estimate of drug-likeness (QED) is 0.168. The third kappa shape index (κ3) is 5.90. The maximum absolute atomic E-state index is 7.03. The molecule has 0 saturated heterocycles. The zero-order valence-corrected chi connectivity index (χ0v) is 34.5. The summed E-state index contributed by atoms with van der Waals surface area (Å²) in [5.74, 6) is 1.80. The fourth-order valence-corrected chi connectivity index (χ4v) is 9.51. The summed E-state index contributed by atoms with van der Waals surface area (Å²) in [7, 11) is 0. The first-order chi connectivity index (χ1) is 31.7. The molecular formula is C59H36N4O. The molecule has 0 aliphatic heterocycles. The molecule has 10 aromatic carbocycles. The Morgan fingerprint density at radius 1 is 0.328 bits per heavy atom. The second-order valence-corrected chi connectivity index (χ2v) is 16.4. The zero-order valence-electron chi connectivity index (χ0n) is 34.5. The lowest BCUT2D eigenvalue weighted by molar-refractivity contribution is 0.666. The highest BCUT2D eigenvalue weighted by Gasteiger charge is 2.22. The van der Waals surface area contributed by atoms with Crippen molar-refractivity contribution in [3.05, 3.63) is 218 Å². The normalized spacial score (nSPS) is 11.8. The lowest BCUT2D eigenvalue weighted by atomic mass is 10.0. The Labute approximate surface area is 368 Å². The molecule has 3 heterocycles. The molecule has 5 nitrogen and oxygen atoms in total. The van der Waals surface area contributed by atoms with Crippen LogP contribution in [0.4, 0.5) is 0 Å². The third-order valence-electron chi connectivity index (χ3n) is 12.6. The van der Waals surface area contributed by atoms with Gasteiger partial charge in [0.1, 0.15) is 5.58 Å². The smallest absolute Gasteiger partial charge is 0.164 e. The van der Waals surface area contributed by atoms with Crippen LogP contribution in [0, 0.1) is 0 Å². The fraction of sp³-hybridized carbons (Fsp3) is 0. The predicted octanol–water partition coefficient (Wildman–Crippen LogP) is 15.5. The predicted molar refractivity (Wildman–Crippen MR) is 264 cm³/mol. The molecule has 13 aromatic rings. The molecule has 0 saturated carbocycles. The third-order valence-corrected chi connectivity index (χ3v) is 12.6. The second kappa shape index (κ2) is 14.5. The minimum atomic E-state index is 0.580. The fourth-order valence-electron chi connectivity index (χ4n) is 9.51. The molecule has 298 valence electrons. The minimum Gasteiger partial charge on any atom is -0.454 e. The van der Waals surface area contributed by atoms with Crippen molar-refractivity contribution in [2.24, 2.45) is 0 Å². The van der Waals surface area contributed by atoms with Crippen LogP contribution in [0.5, 0.6) is 0 Å². The van der Waals surface area contributed by atoms with Crippen LogP contribution in [0.3, 0.4) is 0 Å². The molecule has 0 unspecified atom stereocenters. The van der Waals surface area contributed by atoms with Crippen LogP contribution in [0.2, 0.25) is 0 Å². The maximum atomic E-state index is 7.03. The number of benzene rings is 10. The van der Waals surface area contributed by atoms with E-state index in [1.165, 1.54) is 21.9 Å². The monoisotopic (exact) mass is 816 g/mol. The molecule has 64 heavy (non-hydrogen) atoms. The first kappa shape index (κ1) is 36.0. The molecule has 0 fully saturated rings. The summed E-state index contributed by atoms with van der Waals surface area (Å²) in [5.41, 5.74) is 12.1. The van der Waals surface area contributed by atoms with Gasteiger partial charge in [-0.05, 0) is 80.2 Å². The van der Waals surface area contributed by atoms with Gasteiger partial charge in [-0.2, -0.15) is 0 Å². The lowest BCUT2D eigenvalue weighted by Crippen LogP contribution is -2.00. The van der Waals surface area contributed by atoms with Gasteiger partial charge in [0.2, 0.25) is 0 Å². The van der Waals surface area contributed by atoms with Gasteiger partial charge < -0.3 is 8.98 Å². The average Bonchev–Trinajstić information content (AvgIpc) is 3.92. The van der Waals surface area contributed by atoms with E-state index in [4.69, 9.17) is 19.4 Å².